The number of hydrogen-bond donors (Lipinski definition) is 0. The Hall–Kier alpha value is -4.23. The maximum atomic E-state index is 13.7. The molecule has 4 aromatic rings. The van der Waals surface area contributed by atoms with Crippen LogP contribution in [0.3, 0.4) is 0 Å². The largest absolute Gasteiger partial charge is 0.497 e. The van der Waals surface area contributed by atoms with Gasteiger partial charge in [0.2, 0.25) is 0 Å². The number of rotatable bonds is 7. The van der Waals surface area contributed by atoms with E-state index in [-0.39, 0.29) is 11.7 Å². The molecule has 188 valence electrons. The Bertz CT molecular complexity index is 1370. The summed E-state index contributed by atoms with van der Waals surface area (Å²) < 4.78 is 20.6. The number of ether oxygens (including phenoxy) is 1. The van der Waals surface area contributed by atoms with Gasteiger partial charge in [0.25, 0.3) is 5.91 Å². The van der Waals surface area contributed by atoms with Crippen LogP contribution in [0.4, 0.5) is 4.39 Å². The normalized spacial score (nSPS) is 14.3. The van der Waals surface area contributed by atoms with Crippen LogP contribution >= 0.6 is 0 Å². The molecule has 1 amide bonds. The van der Waals surface area contributed by atoms with E-state index in [1.807, 2.05) is 47.4 Å². The van der Waals surface area contributed by atoms with Crippen LogP contribution in [0.5, 0.6) is 5.75 Å². The van der Waals surface area contributed by atoms with Crippen LogP contribution in [0.2, 0.25) is 0 Å². The number of carbonyl (C=O) groups excluding carboxylic acids is 1. The first-order valence-corrected chi connectivity index (χ1v) is 12.3. The van der Waals surface area contributed by atoms with Gasteiger partial charge in [-0.25, -0.2) is 9.07 Å². The molecule has 37 heavy (non-hydrogen) atoms. The van der Waals surface area contributed by atoms with E-state index in [4.69, 9.17) is 9.84 Å². The van der Waals surface area contributed by atoms with Crippen molar-refractivity contribution in [2.75, 3.05) is 39.8 Å². The molecule has 6 nitrogen and oxygen atoms in total. The lowest BCUT2D eigenvalue weighted by Crippen LogP contribution is -2.49. The maximum Gasteiger partial charge on any atom is 0.272 e. The van der Waals surface area contributed by atoms with Crippen LogP contribution in [-0.4, -0.2) is 65.3 Å². The summed E-state index contributed by atoms with van der Waals surface area (Å²) in [6.45, 7) is 3.67. The van der Waals surface area contributed by atoms with Crippen molar-refractivity contribution in [2.24, 2.45) is 0 Å². The number of benzene rings is 3. The van der Waals surface area contributed by atoms with E-state index in [0.717, 1.165) is 25.2 Å². The summed E-state index contributed by atoms with van der Waals surface area (Å²) >= 11 is 0. The molecule has 0 N–H and O–H groups in total. The lowest BCUT2D eigenvalue weighted by atomic mass is 10.1. The Balaban J connectivity index is 1.33. The molecule has 5 rings (SSSR count). The van der Waals surface area contributed by atoms with Crippen LogP contribution in [0, 0.1) is 5.82 Å². The average Bonchev–Trinajstić information content (AvgIpc) is 3.40. The second kappa shape index (κ2) is 11.2. The molecule has 1 aliphatic rings. The number of hydrogen-bond acceptors (Lipinski definition) is 4. The molecule has 1 aromatic heterocycles. The fraction of sp³-hybridized carbons (Fsp3) is 0.200. The van der Waals surface area contributed by atoms with Gasteiger partial charge in [-0.3, -0.25) is 9.69 Å². The van der Waals surface area contributed by atoms with Gasteiger partial charge < -0.3 is 9.64 Å². The third kappa shape index (κ3) is 5.78. The van der Waals surface area contributed by atoms with E-state index < -0.39 is 0 Å². The highest BCUT2D eigenvalue weighted by Gasteiger charge is 2.26. The zero-order valence-electron chi connectivity index (χ0n) is 20.8. The van der Waals surface area contributed by atoms with Crippen molar-refractivity contribution in [2.45, 2.75) is 0 Å². The highest BCUT2D eigenvalue weighted by molar-refractivity contribution is 5.94. The highest BCUT2D eigenvalue weighted by Crippen LogP contribution is 2.26. The summed E-state index contributed by atoms with van der Waals surface area (Å²) in [6, 6.07) is 25.6. The van der Waals surface area contributed by atoms with Crippen LogP contribution in [0.1, 0.15) is 16.1 Å². The Kier molecular flexibility index (Phi) is 7.42. The van der Waals surface area contributed by atoms with Gasteiger partial charge in [0.15, 0.2) is 0 Å². The van der Waals surface area contributed by atoms with Crippen molar-refractivity contribution in [1.29, 1.82) is 0 Å². The molecule has 0 radical (unpaired) electrons. The van der Waals surface area contributed by atoms with Crippen molar-refractivity contribution in [3.63, 3.8) is 0 Å². The first-order valence-electron chi connectivity index (χ1n) is 12.3. The minimum atomic E-state index is -0.339. The Morgan fingerprint density at radius 3 is 2.43 bits per heavy atom. The van der Waals surface area contributed by atoms with Crippen molar-refractivity contribution in [3.8, 4) is 22.7 Å². The number of nitrogens with zero attached hydrogens (tertiary/aromatic N) is 4. The molecule has 1 fully saturated rings. The summed E-state index contributed by atoms with van der Waals surface area (Å²) in [5.74, 6) is 0.277. The van der Waals surface area contributed by atoms with Gasteiger partial charge in [-0.1, -0.05) is 54.6 Å². The number of aromatic nitrogens is 2. The van der Waals surface area contributed by atoms with E-state index in [1.54, 1.807) is 30.0 Å². The summed E-state index contributed by atoms with van der Waals surface area (Å²) in [5.41, 5.74) is 3.74. The summed E-state index contributed by atoms with van der Waals surface area (Å²) in [7, 11) is 1.61. The van der Waals surface area contributed by atoms with Crippen molar-refractivity contribution >= 4 is 12.0 Å². The monoisotopic (exact) mass is 496 g/mol. The quantitative estimate of drug-likeness (QED) is 0.355. The number of piperazine rings is 1. The molecule has 1 aliphatic heterocycles. The molecule has 0 atom stereocenters. The molecule has 2 heterocycles. The fourth-order valence-corrected chi connectivity index (χ4v) is 4.43. The number of halogens is 1. The van der Waals surface area contributed by atoms with Crippen LogP contribution < -0.4 is 4.74 Å². The van der Waals surface area contributed by atoms with Gasteiger partial charge in [0.05, 0.1) is 18.5 Å². The minimum absolute atomic E-state index is 0.0922. The molecule has 0 spiro atoms. The Labute approximate surface area is 216 Å². The van der Waals surface area contributed by atoms with Gasteiger partial charge in [0, 0.05) is 38.3 Å². The predicted molar refractivity (Wildman–Crippen MR) is 143 cm³/mol. The molecule has 7 heteroatoms. The highest BCUT2D eigenvalue weighted by atomic mass is 19.1. The SMILES string of the molecule is COc1cccc(-c2cc(C(=O)N3CCN(C/C=C/c4ccccc4)CC3)n(-c3ccc(F)cc3)n2)c1. The van der Waals surface area contributed by atoms with E-state index in [0.29, 0.717) is 35.9 Å². The standard InChI is InChI=1S/C30H29FN4O2/c1-37-27-11-5-10-24(21-27)28-22-29(35(32-28)26-14-12-25(31)13-15-26)30(36)34-19-17-33(18-20-34)16-6-9-23-7-3-2-4-8-23/h2-15,21-22H,16-20H2,1H3/b9-6+. The van der Waals surface area contributed by atoms with Gasteiger partial charge in [0.1, 0.15) is 17.3 Å². The zero-order valence-corrected chi connectivity index (χ0v) is 20.8. The van der Waals surface area contributed by atoms with Gasteiger partial charge >= 0.3 is 0 Å². The fourth-order valence-electron chi connectivity index (χ4n) is 4.43. The van der Waals surface area contributed by atoms with Crippen molar-refractivity contribution in [3.05, 3.63) is 108 Å². The molecule has 3 aromatic carbocycles. The molecular formula is C30H29FN4O2. The first-order chi connectivity index (χ1) is 18.1. The third-order valence-corrected chi connectivity index (χ3v) is 6.50. The lowest BCUT2D eigenvalue weighted by molar-refractivity contribution is 0.0641. The van der Waals surface area contributed by atoms with Crippen LogP contribution in [0.15, 0.2) is 91.0 Å². The average molecular weight is 497 g/mol. The molecule has 0 aliphatic carbocycles. The zero-order chi connectivity index (χ0) is 25.6. The molecule has 0 unspecified atom stereocenters. The summed E-state index contributed by atoms with van der Waals surface area (Å²) in [6.07, 6.45) is 4.29. The third-order valence-electron chi connectivity index (χ3n) is 6.50. The van der Waals surface area contributed by atoms with Gasteiger partial charge in [-0.2, -0.15) is 5.10 Å². The topological polar surface area (TPSA) is 50.6 Å². The Morgan fingerprint density at radius 1 is 0.946 bits per heavy atom. The maximum absolute atomic E-state index is 13.7. The van der Waals surface area contributed by atoms with Crippen LogP contribution in [0.25, 0.3) is 23.0 Å². The first kappa shape index (κ1) is 24.5. The molecular weight excluding hydrogens is 467 g/mol. The molecule has 0 bridgehead atoms. The van der Waals surface area contributed by atoms with Gasteiger partial charge in [-0.15, -0.1) is 0 Å². The van der Waals surface area contributed by atoms with E-state index >= 15 is 0 Å². The number of carbonyl (C=O) groups is 1. The predicted octanol–water partition coefficient (Wildman–Crippen LogP) is 5.16. The molecule has 1 saturated heterocycles. The second-order valence-corrected chi connectivity index (χ2v) is 8.94. The van der Waals surface area contributed by atoms with E-state index in [9.17, 15) is 9.18 Å². The Morgan fingerprint density at radius 2 is 1.70 bits per heavy atom. The molecule has 0 saturated carbocycles. The minimum Gasteiger partial charge on any atom is -0.497 e. The summed E-state index contributed by atoms with van der Waals surface area (Å²) in [5, 5.41) is 4.73. The van der Waals surface area contributed by atoms with E-state index in [1.165, 1.54) is 17.7 Å². The van der Waals surface area contributed by atoms with Crippen molar-refractivity contribution in [1.82, 2.24) is 19.6 Å². The smallest absolute Gasteiger partial charge is 0.272 e. The van der Waals surface area contributed by atoms with Crippen LogP contribution in [-0.2, 0) is 0 Å². The second-order valence-electron chi connectivity index (χ2n) is 8.94. The number of amides is 1. The number of methoxy groups -OCH3 is 1. The van der Waals surface area contributed by atoms with Gasteiger partial charge in [-0.05, 0) is 48.0 Å². The summed E-state index contributed by atoms with van der Waals surface area (Å²) in [4.78, 5) is 17.9. The van der Waals surface area contributed by atoms with Crippen molar-refractivity contribution < 1.29 is 13.9 Å². The van der Waals surface area contributed by atoms with E-state index in [2.05, 4.69) is 29.2 Å². The lowest BCUT2D eigenvalue weighted by Gasteiger charge is -2.34.